The maximum Gasteiger partial charge on any atom is 0.254 e. The summed E-state index contributed by atoms with van der Waals surface area (Å²) >= 11 is 0. The molecule has 1 aliphatic carbocycles. The third-order valence-corrected chi connectivity index (χ3v) is 21.4. The Morgan fingerprint density at radius 1 is 0.562 bits per heavy atom. The number of benzene rings is 1. The van der Waals surface area contributed by atoms with Crippen LogP contribution in [0, 0.1) is 35.5 Å². The molecule has 4 rings (SSSR count). The van der Waals surface area contributed by atoms with E-state index in [0.717, 1.165) is 43.4 Å². The van der Waals surface area contributed by atoms with E-state index in [9.17, 15) is 34.2 Å². The molecule has 13 atom stereocenters. The predicted octanol–water partition coefficient (Wildman–Crippen LogP) is 4.16. The van der Waals surface area contributed by atoms with Crippen LogP contribution in [-0.2, 0) is 59.2 Å². The number of amides is 12. The molecule has 12 amide bonds. The topological polar surface area (TPSA) is 341 Å². The summed E-state index contributed by atoms with van der Waals surface area (Å²) in [6, 6.07) is -8.39. The Balaban J connectivity index is 2.05. The van der Waals surface area contributed by atoms with Crippen molar-refractivity contribution in [2.45, 2.75) is 265 Å². The van der Waals surface area contributed by atoms with Crippen LogP contribution in [0.15, 0.2) is 18.2 Å². The normalized spacial score (nSPS) is 26.6. The predicted molar refractivity (Wildman–Crippen MR) is 401 cm³/mol. The van der Waals surface area contributed by atoms with Crippen LogP contribution in [0.2, 0.25) is 0 Å². The Labute approximate surface area is 625 Å². The van der Waals surface area contributed by atoms with Crippen LogP contribution >= 0.6 is 0 Å². The average Bonchev–Trinajstić information content (AvgIpc) is 0.809. The van der Waals surface area contributed by atoms with Crippen molar-refractivity contribution in [3.63, 3.8) is 0 Å². The molecule has 105 heavy (non-hydrogen) atoms. The molecular weight excluding hydrogens is 1350 g/mol. The van der Waals surface area contributed by atoms with Gasteiger partial charge in [-0.25, -0.2) is 0 Å². The second-order valence-corrected chi connectivity index (χ2v) is 31.6. The second kappa shape index (κ2) is 42.2. The molecule has 0 radical (unpaired) electrons. The van der Waals surface area contributed by atoms with Crippen LogP contribution in [0.3, 0.4) is 0 Å². The van der Waals surface area contributed by atoms with E-state index in [1.807, 2.05) is 62.3 Å². The Morgan fingerprint density at radius 3 is 1.56 bits per heavy atom. The highest BCUT2D eigenvalue weighted by Crippen LogP contribution is 2.31. The van der Waals surface area contributed by atoms with E-state index in [1.165, 1.54) is 106 Å². The van der Waals surface area contributed by atoms with E-state index >= 15 is 33.6 Å². The van der Waals surface area contributed by atoms with Gasteiger partial charge in [-0.15, -0.1) is 0 Å². The van der Waals surface area contributed by atoms with Gasteiger partial charge in [0.05, 0.1) is 37.8 Å². The molecule has 0 bridgehead atoms. The van der Waals surface area contributed by atoms with E-state index in [1.54, 1.807) is 30.9 Å². The summed E-state index contributed by atoms with van der Waals surface area (Å²) in [6.07, 6.45) is 3.43. The third-order valence-electron chi connectivity index (χ3n) is 21.4. The molecule has 3 aliphatic rings. The van der Waals surface area contributed by atoms with Crippen LogP contribution < -0.4 is 31.3 Å². The first-order chi connectivity index (χ1) is 49.3. The molecule has 28 nitrogen and oxygen atoms in total. The zero-order valence-corrected chi connectivity index (χ0v) is 67.0. The number of hydrogen-bond donors (Lipinski definition) is 7. The number of rotatable bonds is 19. The Kier molecular flexibility index (Phi) is 36.1. The summed E-state index contributed by atoms with van der Waals surface area (Å²) in [7, 11) is 12.9. The Morgan fingerprint density at radius 2 is 1.05 bits per heavy atom. The van der Waals surface area contributed by atoms with E-state index in [4.69, 9.17) is 4.74 Å². The van der Waals surface area contributed by atoms with Gasteiger partial charge >= 0.3 is 0 Å². The lowest BCUT2D eigenvalue weighted by molar-refractivity contribution is -0.152. The molecule has 3 fully saturated rings. The molecule has 2 saturated heterocycles. The zero-order valence-electron chi connectivity index (χ0n) is 67.0. The van der Waals surface area contributed by atoms with Gasteiger partial charge in [-0.3, -0.25) is 62.4 Å². The maximum atomic E-state index is 15.8. The minimum absolute atomic E-state index is 0.00769. The van der Waals surface area contributed by atoms with Crippen molar-refractivity contribution in [2.75, 3.05) is 83.1 Å². The molecule has 594 valence electrons. The smallest absolute Gasteiger partial charge is 0.254 e. The lowest BCUT2D eigenvalue weighted by atomic mass is 9.84. The quantitative estimate of drug-likeness (QED) is 0.102. The minimum Gasteiger partial charge on any atom is -0.496 e. The second-order valence-electron chi connectivity index (χ2n) is 31.6. The van der Waals surface area contributed by atoms with Gasteiger partial charge in [0.25, 0.3) is 5.91 Å². The SMILES string of the molecule is CC[C@H](C)[C@H]1C(=O)N[C@@H]([C@@H](C)O)C(O)N(C)CC(=O)N(C)[C@@H](CC)C(=O)N[C@H](C(=O)N2CCCCC2)CC(=O)N(C)[C@@H](CC(C)C)C(=O)N[C@@H](Cc2ccc(OC)c(C(=O)NC)c2)C(=O)N(C)[C@@H](CC(C)C)C(=O)N(C)[C@@H](CC2CCCCC2)C(=O)N[C@@H](CC(C)C)C(=O)N(C)[C@@H](CC(C)C)C(=O)N1C. The highest BCUT2D eigenvalue weighted by atomic mass is 16.5. The first-order valence-corrected chi connectivity index (χ1v) is 38.3. The van der Waals surface area contributed by atoms with Crippen LogP contribution in [0.25, 0.3) is 0 Å². The number of methoxy groups -OCH3 is 1. The fourth-order valence-corrected chi connectivity index (χ4v) is 14.8. The lowest BCUT2D eigenvalue weighted by Gasteiger charge is -2.40. The Hall–Kier alpha value is -7.46. The number of nitrogens with zero attached hydrogens (tertiary/aromatic N) is 8. The van der Waals surface area contributed by atoms with Crippen molar-refractivity contribution in [1.29, 1.82) is 0 Å². The van der Waals surface area contributed by atoms with Gasteiger partial charge in [0, 0.05) is 68.8 Å². The average molecular weight is 1480 g/mol. The largest absolute Gasteiger partial charge is 0.496 e. The number of ether oxygens (including phenoxy) is 1. The summed E-state index contributed by atoms with van der Waals surface area (Å²) in [5.41, 5.74) is 0.532. The number of likely N-dealkylation sites (tertiary alicyclic amines) is 1. The van der Waals surface area contributed by atoms with Crippen LogP contribution in [0.5, 0.6) is 5.75 Å². The molecule has 1 aromatic rings. The number of hydrogen-bond acceptors (Lipinski definition) is 16. The van der Waals surface area contributed by atoms with E-state index < -0.39 is 163 Å². The van der Waals surface area contributed by atoms with E-state index in [2.05, 4.69) is 26.6 Å². The van der Waals surface area contributed by atoms with Gasteiger partial charge in [0.15, 0.2) is 0 Å². The number of piperidine rings is 1. The molecule has 1 unspecified atom stereocenters. The summed E-state index contributed by atoms with van der Waals surface area (Å²) in [5, 5.41) is 37.5. The van der Waals surface area contributed by atoms with Crippen molar-refractivity contribution in [2.24, 2.45) is 35.5 Å². The third kappa shape index (κ3) is 25.1. The summed E-state index contributed by atoms with van der Waals surface area (Å²) in [5.74, 6) is -9.14. The highest BCUT2D eigenvalue weighted by Gasteiger charge is 2.45. The number of likely N-dealkylation sites (N-methyl/N-ethyl adjacent to an activating group) is 7. The van der Waals surface area contributed by atoms with Gasteiger partial charge in [0.1, 0.15) is 66.4 Å². The molecule has 7 N–H and O–H groups in total. The van der Waals surface area contributed by atoms with Crippen molar-refractivity contribution in [3.8, 4) is 5.75 Å². The standard InChI is InChI=1S/C77H131N13O15/c1-22-49(11)66-71(98)82-65(50(12)91)77(104)83(14)44-64(93)84(15)57(23-2)68(95)81-56(74(101)90-34-28-25-29-35-90)43-63(92)85(16)58(37-46(5)6)69(96)80-55(41-52-32-33-62(105-21)53(40-52)67(94)78-13)73(100)87(18)60(38-47(7)8)75(102)86(17)59(42-51-30-26-24-27-31-51)70(97)79-54(36-45(3)4)72(99)88(19)61(39-48(9)10)76(103)89(66)20/h32-33,40,45-51,54-61,65-66,77,91,104H,22-31,34-39,41-44H2,1-21H3,(H,78,94)(H,79,97)(H,80,96)(H,81,95)(H,82,98)/t49-,50+,54-,55-,56-,57-,58-,59-,60-,61-,65-,66-,77?/m0/s1. The summed E-state index contributed by atoms with van der Waals surface area (Å²) < 4.78 is 5.55. The number of carbonyl (C=O) groups excluding carboxylic acids is 12. The van der Waals surface area contributed by atoms with Crippen LogP contribution in [-0.4, -0.2) is 276 Å². The number of aliphatic hydroxyl groups is 2. The molecule has 1 aromatic carbocycles. The van der Waals surface area contributed by atoms with Gasteiger partial charge in [-0.05, 0) is 125 Å². The lowest BCUT2D eigenvalue weighted by Crippen LogP contribution is -2.63. The maximum absolute atomic E-state index is 15.8. The number of carbonyl (C=O) groups is 12. The van der Waals surface area contributed by atoms with Crippen molar-refractivity contribution < 1.29 is 72.5 Å². The molecule has 2 aliphatic heterocycles. The van der Waals surface area contributed by atoms with E-state index in [-0.39, 0.29) is 85.8 Å². The first kappa shape index (κ1) is 89.9. The highest BCUT2D eigenvalue weighted by molar-refractivity contribution is 6.00. The summed E-state index contributed by atoms with van der Waals surface area (Å²) in [4.78, 5) is 191. The first-order valence-electron chi connectivity index (χ1n) is 38.3. The molecular formula is C77H131N13O15. The Bertz CT molecular complexity index is 3100. The van der Waals surface area contributed by atoms with Gasteiger partial charge in [0.2, 0.25) is 65.0 Å². The van der Waals surface area contributed by atoms with Crippen molar-refractivity contribution in [3.05, 3.63) is 29.3 Å². The van der Waals surface area contributed by atoms with E-state index in [0.29, 0.717) is 37.9 Å². The van der Waals surface area contributed by atoms with Crippen LogP contribution in [0.1, 0.15) is 202 Å². The number of nitrogens with one attached hydrogen (secondary N) is 5. The molecule has 0 spiro atoms. The van der Waals surface area contributed by atoms with Gasteiger partial charge in [-0.1, -0.05) is 121 Å². The molecule has 2 heterocycles. The number of aliphatic hydroxyl groups excluding tert-OH is 2. The monoisotopic (exact) mass is 1480 g/mol. The van der Waals surface area contributed by atoms with Crippen LogP contribution in [0.4, 0.5) is 0 Å². The minimum atomic E-state index is -1.74. The molecule has 0 aromatic heterocycles. The molecule has 1 saturated carbocycles. The fraction of sp³-hybridized carbons (Fsp3) is 0.766. The van der Waals surface area contributed by atoms with Gasteiger partial charge < -0.3 is 75.8 Å². The molecule has 28 heteroatoms. The zero-order chi connectivity index (χ0) is 79.2. The summed E-state index contributed by atoms with van der Waals surface area (Å²) in [6.45, 7) is 21.7. The van der Waals surface area contributed by atoms with Gasteiger partial charge in [-0.2, -0.15) is 0 Å². The fourth-order valence-electron chi connectivity index (χ4n) is 14.8. The van der Waals surface area contributed by atoms with Crippen molar-refractivity contribution in [1.82, 2.24) is 65.8 Å². The van der Waals surface area contributed by atoms with Crippen molar-refractivity contribution >= 4 is 70.9 Å².